The van der Waals surface area contributed by atoms with Gasteiger partial charge in [-0.3, -0.25) is 0 Å². The van der Waals surface area contributed by atoms with E-state index in [9.17, 15) is 0 Å². The molecular formula is C17H30. The van der Waals surface area contributed by atoms with Gasteiger partial charge in [0.15, 0.2) is 0 Å². The van der Waals surface area contributed by atoms with Gasteiger partial charge in [-0.15, -0.1) is 5.73 Å². The molecule has 98 valence electrons. The first-order valence-electron chi connectivity index (χ1n) is 6.80. The first-order chi connectivity index (χ1) is 7.67. The summed E-state index contributed by atoms with van der Waals surface area (Å²) in [6.45, 7) is 15.7. The van der Waals surface area contributed by atoms with E-state index in [-0.39, 0.29) is 10.8 Å². The van der Waals surface area contributed by atoms with Gasteiger partial charge in [-0.2, -0.15) is 0 Å². The van der Waals surface area contributed by atoms with Crippen molar-refractivity contribution in [2.24, 2.45) is 10.8 Å². The van der Waals surface area contributed by atoms with E-state index >= 15 is 0 Å². The summed E-state index contributed by atoms with van der Waals surface area (Å²) in [6.07, 6.45) is 10.1. The molecule has 0 aliphatic carbocycles. The van der Waals surface area contributed by atoms with Gasteiger partial charge < -0.3 is 0 Å². The molecule has 0 aromatic carbocycles. The molecule has 0 unspecified atom stereocenters. The van der Waals surface area contributed by atoms with Gasteiger partial charge >= 0.3 is 0 Å². The van der Waals surface area contributed by atoms with Crippen LogP contribution in [0, 0.1) is 10.8 Å². The van der Waals surface area contributed by atoms with E-state index in [1.165, 1.54) is 24.8 Å². The molecule has 0 rings (SSSR count). The highest BCUT2D eigenvalue weighted by Gasteiger charge is 2.15. The Morgan fingerprint density at radius 1 is 1.06 bits per heavy atom. The van der Waals surface area contributed by atoms with E-state index in [1.54, 1.807) is 0 Å². The number of rotatable bonds is 4. The van der Waals surface area contributed by atoms with E-state index in [2.05, 4.69) is 72.4 Å². The highest BCUT2D eigenvalue weighted by molar-refractivity contribution is 5.15. The molecule has 0 atom stereocenters. The smallest absolute Gasteiger partial charge is 0.00971 e. The maximum atomic E-state index is 3.47. The van der Waals surface area contributed by atoms with Crippen LogP contribution in [-0.2, 0) is 0 Å². The second-order valence-electron chi connectivity index (χ2n) is 6.87. The highest BCUT2D eigenvalue weighted by atomic mass is 14.2. The molecule has 17 heavy (non-hydrogen) atoms. The van der Waals surface area contributed by atoms with E-state index in [0.717, 1.165) is 0 Å². The molecule has 0 nitrogen and oxygen atoms in total. The molecular weight excluding hydrogens is 204 g/mol. The Morgan fingerprint density at radius 3 is 2.06 bits per heavy atom. The van der Waals surface area contributed by atoms with Gasteiger partial charge in [-0.25, -0.2) is 0 Å². The van der Waals surface area contributed by atoms with Gasteiger partial charge in [0.2, 0.25) is 0 Å². The van der Waals surface area contributed by atoms with Gasteiger partial charge in [0.25, 0.3) is 0 Å². The monoisotopic (exact) mass is 234 g/mol. The molecule has 0 fully saturated rings. The summed E-state index contributed by atoms with van der Waals surface area (Å²) < 4.78 is 0. The van der Waals surface area contributed by atoms with Crippen molar-refractivity contribution < 1.29 is 0 Å². The fraction of sp³-hybridized carbons (Fsp3) is 0.706. The molecule has 0 aromatic rings. The Kier molecular flexibility index (Phi) is 6.57. The van der Waals surface area contributed by atoms with Crippen molar-refractivity contribution >= 4 is 0 Å². The van der Waals surface area contributed by atoms with Crippen LogP contribution in [0.4, 0.5) is 0 Å². The Labute approximate surface area is 109 Å². The average Bonchev–Trinajstić information content (AvgIpc) is 2.13. The summed E-state index contributed by atoms with van der Waals surface area (Å²) >= 11 is 0. The number of unbranched alkanes of at least 4 members (excludes halogenated alkanes) is 1. The van der Waals surface area contributed by atoms with Crippen LogP contribution in [0.5, 0.6) is 0 Å². The molecule has 0 amide bonds. The average molecular weight is 234 g/mol. The topological polar surface area (TPSA) is 0 Å². The molecule has 0 aliphatic rings. The van der Waals surface area contributed by atoms with Crippen molar-refractivity contribution in [3.8, 4) is 0 Å². The Hall–Kier alpha value is -0.740. The second-order valence-corrected chi connectivity index (χ2v) is 6.87. The third-order valence-corrected chi connectivity index (χ3v) is 2.64. The van der Waals surface area contributed by atoms with Crippen LogP contribution in [-0.4, -0.2) is 0 Å². The van der Waals surface area contributed by atoms with Crippen molar-refractivity contribution in [3.05, 3.63) is 29.5 Å². The Bertz CT molecular complexity index is 296. The SMILES string of the molecule is CCCCC(=C=C/C=C\C(C)(C)C)C(C)(C)C. The quantitative estimate of drug-likeness (QED) is 0.419. The molecule has 0 N–H and O–H groups in total. The van der Waals surface area contributed by atoms with E-state index in [1.807, 2.05) is 0 Å². The van der Waals surface area contributed by atoms with Crippen LogP contribution >= 0.6 is 0 Å². The van der Waals surface area contributed by atoms with Crippen LogP contribution in [0.25, 0.3) is 0 Å². The van der Waals surface area contributed by atoms with Crippen LogP contribution in [0.15, 0.2) is 29.5 Å². The number of hydrogen-bond donors (Lipinski definition) is 0. The summed E-state index contributed by atoms with van der Waals surface area (Å²) in [5.74, 6) is 0. The lowest BCUT2D eigenvalue weighted by atomic mass is 9.84. The molecule has 0 heterocycles. The van der Waals surface area contributed by atoms with Gasteiger partial charge in [0.05, 0.1) is 0 Å². The van der Waals surface area contributed by atoms with Gasteiger partial charge in [-0.05, 0) is 35.3 Å². The zero-order valence-corrected chi connectivity index (χ0v) is 12.9. The van der Waals surface area contributed by atoms with Crippen molar-refractivity contribution in [2.75, 3.05) is 0 Å². The van der Waals surface area contributed by atoms with Gasteiger partial charge in [-0.1, -0.05) is 67.0 Å². The largest absolute Gasteiger partial charge is 0.121 e. The standard InChI is InChI=1S/C17H30/c1-8-9-12-15(17(5,6)7)13-10-11-14-16(2,3)4/h10-11,14H,8-9,12H2,1-7H3/b14-11-. The molecule has 0 radical (unpaired) electrons. The molecule has 0 heteroatoms. The van der Waals surface area contributed by atoms with Gasteiger partial charge in [0.1, 0.15) is 0 Å². The third kappa shape index (κ3) is 9.01. The highest BCUT2D eigenvalue weighted by Crippen LogP contribution is 2.28. The number of hydrogen-bond acceptors (Lipinski definition) is 0. The van der Waals surface area contributed by atoms with Crippen molar-refractivity contribution in [3.63, 3.8) is 0 Å². The zero-order valence-electron chi connectivity index (χ0n) is 12.9. The first kappa shape index (κ1) is 16.3. The summed E-state index contributed by atoms with van der Waals surface area (Å²) in [5, 5.41) is 0. The molecule has 0 bridgehead atoms. The lowest BCUT2D eigenvalue weighted by Crippen LogP contribution is -2.08. The second kappa shape index (κ2) is 6.87. The fourth-order valence-corrected chi connectivity index (χ4v) is 1.50. The lowest BCUT2D eigenvalue weighted by molar-refractivity contribution is 0.477. The Morgan fingerprint density at radius 2 is 1.65 bits per heavy atom. The molecule has 0 saturated carbocycles. The molecule has 0 aliphatic heterocycles. The van der Waals surface area contributed by atoms with Crippen LogP contribution in [0.1, 0.15) is 67.7 Å². The summed E-state index contributed by atoms with van der Waals surface area (Å²) in [7, 11) is 0. The predicted molar refractivity (Wildman–Crippen MR) is 79.2 cm³/mol. The minimum atomic E-state index is 0.237. The van der Waals surface area contributed by atoms with Crippen LogP contribution in [0.2, 0.25) is 0 Å². The molecule has 0 spiro atoms. The van der Waals surface area contributed by atoms with Crippen molar-refractivity contribution in [1.82, 2.24) is 0 Å². The van der Waals surface area contributed by atoms with Crippen molar-refractivity contribution in [1.29, 1.82) is 0 Å². The molecule has 0 aromatic heterocycles. The summed E-state index contributed by atoms with van der Waals surface area (Å²) in [4.78, 5) is 0. The maximum absolute atomic E-state index is 3.47. The first-order valence-corrected chi connectivity index (χ1v) is 6.80. The minimum Gasteiger partial charge on any atom is -0.121 e. The zero-order chi connectivity index (χ0) is 13.5. The summed E-state index contributed by atoms with van der Waals surface area (Å²) in [6, 6.07) is 0. The Balaban J connectivity index is 4.80. The van der Waals surface area contributed by atoms with E-state index in [4.69, 9.17) is 0 Å². The lowest BCUT2D eigenvalue weighted by Gasteiger charge is -2.20. The maximum Gasteiger partial charge on any atom is -0.00971 e. The van der Waals surface area contributed by atoms with Crippen molar-refractivity contribution in [2.45, 2.75) is 67.7 Å². The van der Waals surface area contributed by atoms with Crippen LogP contribution in [0.3, 0.4) is 0 Å². The van der Waals surface area contributed by atoms with E-state index < -0.39 is 0 Å². The van der Waals surface area contributed by atoms with Crippen LogP contribution < -0.4 is 0 Å². The fourth-order valence-electron chi connectivity index (χ4n) is 1.50. The van der Waals surface area contributed by atoms with Gasteiger partial charge in [0, 0.05) is 0 Å². The third-order valence-electron chi connectivity index (χ3n) is 2.64. The minimum absolute atomic E-state index is 0.237. The molecule has 0 saturated heterocycles. The summed E-state index contributed by atoms with van der Waals surface area (Å²) in [5.41, 5.74) is 5.39. The normalized spacial score (nSPS) is 12.6. The number of allylic oxidation sites excluding steroid dienone is 3. The van der Waals surface area contributed by atoms with E-state index in [0.29, 0.717) is 0 Å². The predicted octanol–water partition coefficient (Wildman–Crippen LogP) is 5.91.